The van der Waals surface area contributed by atoms with Crippen molar-refractivity contribution in [2.24, 2.45) is 0 Å². The van der Waals surface area contributed by atoms with Crippen LogP contribution in [0.2, 0.25) is 0 Å². The van der Waals surface area contributed by atoms with E-state index >= 15 is 0 Å². The summed E-state index contributed by atoms with van der Waals surface area (Å²) in [4.78, 5) is 22.0. The second kappa shape index (κ2) is 8.41. The van der Waals surface area contributed by atoms with Gasteiger partial charge < -0.3 is 14.6 Å². The molecule has 0 spiro atoms. The Morgan fingerprint density at radius 2 is 1.47 bits per heavy atom. The molecule has 0 aromatic heterocycles. The number of hydrogen-bond acceptors (Lipinski definition) is 5. The quantitative estimate of drug-likeness (QED) is 0.355. The van der Waals surface area contributed by atoms with Crippen LogP contribution < -0.4 is 0 Å². The van der Waals surface area contributed by atoms with Gasteiger partial charge in [-0.2, -0.15) is 0 Å². The predicted molar refractivity (Wildman–Crippen MR) is 48.6 cm³/mol. The first-order valence-corrected chi connectivity index (χ1v) is 4.28. The van der Waals surface area contributed by atoms with Gasteiger partial charge in [-0.25, -0.2) is 9.59 Å². The van der Waals surface area contributed by atoms with Crippen LogP contribution in [0.25, 0.3) is 0 Å². The molecule has 0 amide bonds. The minimum atomic E-state index is -0.918. The zero-order valence-electron chi connectivity index (χ0n) is 9.20. The zero-order chi connectivity index (χ0) is 11.1. The summed E-state index contributed by atoms with van der Waals surface area (Å²) in [6.07, 6.45) is 0. The van der Waals surface area contributed by atoms with E-state index in [9.17, 15) is 14.7 Å². The van der Waals surface area contributed by atoms with Crippen LogP contribution in [0.4, 0.5) is 0 Å². The minimum absolute atomic E-state index is 0. The minimum Gasteiger partial charge on any atom is -0.501 e. The van der Waals surface area contributed by atoms with E-state index in [1.54, 1.807) is 13.8 Å². The van der Waals surface area contributed by atoms with Gasteiger partial charge in [-0.15, -0.1) is 0 Å². The van der Waals surface area contributed by atoms with Gasteiger partial charge in [0.25, 0.3) is 0 Å². The van der Waals surface area contributed by atoms with Gasteiger partial charge in [0.15, 0.2) is 0 Å². The number of ether oxygens (including phenoxy) is 2. The third-order valence-electron chi connectivity index (χ3n) is 1.41. The van der Waals surface area contributed by atoms with Crippen LogP contribution in [0.15, 0.2) is 11.3 Å². The van der Waals surface area contributed by atoms with E-state index in [4.69, 9.17) is 0 Å². The van der Waals surface area contributed by atoms with Crippen molar-refractivity contribution >= 4 is 11.9 Å². The van der Waals surface area contributed by atoms with Crippen LogP contribution in [0.1, 0.15) is 20.8 Å². The molecule has 0 bridgehead atoms. The smallest absolute Gasteiger partial charge is 0.373 e. The number of carbonyl (C=O) groups is 2. The molecule has 0 unspecified atom stereocenters. The van der Waals surface area contributed by atoms with Crippen molar-refractivity contribution in [3.63, 3.8) is 0 Å². The summed E-state index contributed by atoms with van der Waals surface area (Å²) in [5.74, 6) is -2.35. The number of rotatable bonds is 4. The third-order valence-corrected chi connectivity index (χ3v) is 1.41. The van der Waals surface area contributed by atoms with Crippen molar-refractivity contribution in [2.75, 3.05) is 13.2 Å². The third kappa shape index (κ3) is 5.52. The van der Waals surface area contributed by atoms with Gasteiger partial charge in [0, 0.05) is 19.5 Å². The van der Waals surface area contributed by atoms with Crippen molar-refractivity contribution in [1.29, 1.82) is 0 Å². The molecule has 5 nitrogen and oxygen atoms in total. The fourth-order valence-electron chi connectivity index (χ4n) is 0.689. The van der Waals surface area contributed by atoms with Gasteiger partial charge >= 0.3 is 11.9 Å². The van der Waals surface area contributed by atoms with Crippen LogP contribution in [0.5, 0.6) is 0 Å². The summed E-state index contributed by atoms with van der Waals surface area (Å²) in [6.45, 7) is 4.85. The maximum absolute atomic E-state index is 11.0. The first kappa shape index (κ1) is 16.5. The molecule has 1 N–H and O–H groups in total. The molecular weight excluding hydrogens is 253 g/mol. The molecule has 82 valence electrons. The summed E-state index contributed by atoms with van der Waals surface area (Å²) >= 11 is 0. The van der Waals surface area contributed by atoms with E-state index in [2.05, 4.69) is 9.47 Å². The fourth-order valence-corrected chi connectivity index (χ4v) is 0.689. The molecule has 0 rings (SSSR count). The Hall–Kier alpha value is -0.897. The van der Waals surface area contributed by atoms with Gasteiger partial charge in [0.2, 0.25) is 5.76 Å². The average Bonchev–Trinajstić information content (AvgIpc) is 2.16. The number of aliphatic hydroxyl groups excluding tert-OH is 1. The molecule has 0 aliphatic heterocycles. The average molecular weight is 268 g/mol. The Morgan fingerprint density at radius 3 is 1.87 bits per heavy atom. The van der Waals surface area contributed by atoms with Crippen LogP contribution in [0.3, 0.4) is 0 Å². The summed E-state index contributed by atoms with van der Waals surface area (Å²) < 4.78 is 9.09. The van der Waals surface area contributed by atoms with Crippen LogP contribution in [-0.2, 0) is 38.5 Å². The molecule has 0 atom stereocenters. The zero-order valence-corrected chi connectivity index (χ0v) is 12.2. The summed E-state index contributed by atoms with van der Waals surface area (Å²) in [5.41, 5.74) is -0.148. The number of esters is 2. The summed E-state index contributed by atoms with van der Waals surface area (Å²) in [5, 5.41) is 9.22. The van der Waals surface area contributed by atoms with E-state index in [1.165, 1.54) is 6.92 Å². The molecule has 0 aromatic rings. The molecule has 0 saturated heterocycles. The van der Waals surface area contributed by atoms with E-state index < -0.39 is 17.7 Å². The second-order valence-corrected chi connectivity index (χ2v) is 2.41. The maximum Gasteiger partial charge on any atom is 0.373 e. The van der Waals surface area contributed by atoms with Gasteiger partial charge in [-0.3, -0.25) is 0 Å². The predicted octanol–water partition coefficient (Wildman–Crippen LogP) is 0.942. The SMILES string of the molecule is CCOC(=O)/C(C)=C(\O)C(=O)OCC.[Zn]. The van der Waals surface area contributed by atoms with Gasteiger partial charge in [-0.1, -0.05) is 0 Å². The van der Waals surface area contributed by atoms with E-state index in [0.717, 1.165) is 0 Å². The van der Waals surface area contributed by atoms with Crippen molar-refractivity contribution < 1.29 is 43.6 Å². The molecule has 0 aliphatic rings. The Labute approximate surface area is 101 Å². The van der Waals surface area contributed by atoms with Gasteiger partial charge in [-0.05, 0) is 20.8 Å². The number of aliphatic hydroxyl groups is 1. The fraction of sp³-hybridized carbons (Fsp3) is 0.556. The number of hydrogen-bond donors (Lipinski definition) is 1. The maximum atomic E-state index is 11.0. The molecular formula is C9H14O5Zn. The van der Waals surface area contributed by atoms with Crippen LogP contribution in [-0.4, -0.2) is 30.3 Å². The van der Waals surface area contributed by atoms with E-state index in [0.29, 0.717) is 0 Å². The molecule has 0 saturated carbocycles. The summed E-state index contributed by atoms with van der Waals surface area (Å²) in [6, 6.07) is 0. The normalized spacial score (nSPS) is 10.9. The Morgan fingerprint density at radius 1 is 1.07 bits per heavy atom. The summed E-state index contributed by atoms with van der Waals surface area (Å²) in [7, 11) is 0. The van der Waals surface area contributed by atoms with Crippen molar-refractivity contribution in [3.05, 3.63) is 11.3 Å². The van der Waals surface area contributed by atoms with Crippen LogP contribution in [0, 0.1) is 0 Å². The monoisotopic (exact) mass is 266 g/mol. The largest absolute Gasteiger partial charge is 0.501 e. The number of carbonyl (C=O) groups excluding carboxylic acids is 2. The van der Waals surface area contributed by atoms with Crippen molar-refractivity contribution in [3.8, 4) is 0 Å². The molecule has 0 radical (unpaired) electrons. The Kier molecular flexibility index (Phi) is 9.27. The van der Waals surface area contributed by atoms with Crippen molar-refractivity contribution in [1.82, 2.24) is 0 Å². The van der Waals surface area contributed by atoms with Crippen molar-refractivity contribution in [2.45, 2.75) is 20.8 Å². The molecule has 0 aromatic carbocycles. The van der Waals surface area contributed by atoms with E-state index in [-0.39, 0.29) is 38.3 Å². The van der Waals surface area contributed by atoms with Gasteiger partial charge in [0.1, 0.15) is 0 Å². The first-order valence-electron chi connectivity index (χ1n) is 4.28. The topological polar surface area (TPSA) is 72.8 Å². The standard InChI is InChI=1S/C9H14O5.Zn/c1-4-13-8(11)6(3)7(10)9(12)14-5-2;/h10H,4-5H2,1-3H3;/b7-6-;. The van der Waals surface area contributed by atoms with Crippen LogP contribution >= 0.6 is 0 Å². The molecule has 0 aliphatic carbocycles. The molecule has 0 heterocycles. The Bertz CT molecular complexity index is 233. The Balaban J connectivity index is 0. The second-order valence-electron chi connectivity index (χ2n) is 2.41. The molecule has 15 heavy (non-hydrogen) atoms. The first-order chi connectivity index (χ1) is 6.54. The molecule has 6 heteroatoms. The molecule has 0 fully saturated rings. The van der Waals surface area contributed by atoms with E-state index in [1.807, 2.05) is 0 Å². The van der Waals surface area contributed by atoms with Gasteiger partial charge in [0.05, 0.1) is 18.8 Å².